The van der Waals surface area contributed by atoms with Crippen molar-refractivity contribution in [2.45, 2.75) is 18.5 Å². The maximum atomic E-state index is 5.79. The number of nitrogens with zero attached hydrogens (tertiary/aromatic N) is 2. The van der Waals surface area contributed by atoms with Crippen LogP contribution in [0.2, 0.25) is 0 Å². The summed E-state index contributed by atoms with van der Waals surface area (Å²) in [5, 5.41) is 0. The fourth-order valence-corrected chi connectivity index (χ4v) is 3.73. The normalized spacial score (nSPS) is 47.1. The zero-order valence-electron chi connectivity index (χ0n) is 7.02. The molecule has 2 atom stereocenters. The van der Waals surface area contributed by atoms with Crippen molar-refractivity contribution in [1.29, 1.82) is 0 Å². The Morgan fingerprint density at radius 2 is 1.92 bits per heavy atom. The summed E-state index contributed by atoms with van der Waals surface area (Å²) < 4.78 is 7.77. The minimum Gasteiger partial charge on any atom is -0.327 e. The molecule has 0 aliphatic carbocycles. The van der Waals surface area contributed by atoms with E-state index >= 15 is 0 Å². The van der Waals surface area contributed by atoms with Gasteiger partial charge < -0.3 is 11.5 Å². The van der Waals surface area contributed by atoms with Gasteiger partial charge in [0.15, 0.2) is 10.4 Å². The minimum atomic E-state index is -1.51. The van der Waals surface area contributed by atoms with Crippen molar-refractivity contribution >= 4 is 17.1 Å². The van der Waals surface area contributed by atoms with Gasteiger partial charge in [-0.2, -0.15) is 4.40 Å². The Labute approximate surface area is 74.4 Å². The maximum Gasteiger partial charge on any atom is 0.279 e. The van der Waals surface area contributed by atoms with Crippen LogP contribution in [0.3, 0.4) is 0 Å². The highest BCUT2D eigenvalue weighted by Gasteiger charge is 2.41. The predicted molar refractivity (Wildman–Crippen MR) is 55.7 cm³/mol. The Kier molecular flexibility index (Phi) is 2.73. The van der Waals surface area contributed by atoms with Gasteiger partial charge in [0.05, 0.1) is 11.5 Å². The van der Waals surface area contributed by atoms with E-state index in [1.165, 1.54) is 0 Å². The van der Waals surface area contributed by atoms with Crippen molar-refractivity contribution in [2.75, 3.05) is 11.5 Å². The number of hydrogen-bond donors (Lipinski definition) is 2. The van der Waals surface area contributed by atoms with Crippen LogP contribution in [0.4, 0.5) is 0 Å². The van der Waals surface area contributed by atoms with Gasteiger partial charge in [-0.1, -0.05) is 0 Å². The van der Waals surface area contributed by atoms with Crippen LogP contribution in [0.25, 0.3) is 4.25 Å². The standard InChI is InChI=1S/C7H15N4S/c1-10-12(11-2)4-6(8)3-7(9)5-12/h1,6-7H,2-5,8-9H2/q+1. The van der Waals surface area contributed by atoms with E-state index in [2.05, 4.69) is 15.4 Å². The van der Waals surface area contributed by atoms with E-state index in [1.807, 2.05) is 0 Å². The first kappa shape index (κ1) is 9.52. The highest BCUT2D eigenvalue weighted by atomic mass is 32.3. The van der Waals surface area contributed by atoms with Gasteiger partial charge in [-0.3, -0.25) is 0 Å². The smallest absolute Gasteiger partial charge is 0.279 e. The van der Waals surface area contributed by atoms with Crippen molar-refractivity contribution in [3.05, 3.63) is 4.25 Å². The summed E-state index contributed by atoms with van der Waals surface area (Å²) in [6, 6.07) is 0.142. The first-order valence-electron chi connectivity index (χ1n) is 3.82. The van der Waals surface area contributed by atoms with Crippen molar-refractivity contribution in [3.63, 3.8) is 0 Å². The fourth-order valence-electron chi connectivity index (χ4n) is 1.50. The zero-order valence-corrected chi connectivity index (χ0v) is 7.83. The summed E-state index contributed by atoms with van der Waals surface area (Å²) >= 11 is 0. The van der Waals surface area contributed by atoms with E-state index < -0.39 is 10.4 Å². The molecule has 2 unspecified atom stereocenters. The summed E-state index contributed by atoms with van der Waals surface area (Å²) in [7, 11) is -1.51. The summed E-state index contributed by atoms with van der Waals surface area (Å²) in [5.41, 5.74) is 11.6. The lowest BCUT2D eigenvalue weighted by Gasteiger charge is -2.30. The topological polar surface area (TPSA) is 68.8 Å². The second kappa shape index (κ2) is 3.44. The van der Waals surface area contributed by atoms with E-state index in [1.54, 1.807) is 0 Å². The Hall–Kier alpha value is -0.570. The van der Waals surface area contributed by atoms with Gasteiger partial charge in [0.2, 0.25) is 0 Å². The monoisotopic (exact) mass is 187 g/mol. The van der Waals surface area contributed by atoms with E-state index in [9.17, 15) is 0 Å². The summed E-state index contributed by atoms with van der Waals surface area (Å²) in [5.74, 6) is 1.47. The first-order chi connectivity index (χ1) is 5.62. The molecule has 0 aromatic rings. The molecule has 4 N–H and O–H groups in total. The maximum absolute atomic E-state index is 5.79. The molecule has 0 radical (unpaired) electrons. The molecule has 1 rings (SSSR count). The molecule has 1 saturated heterocycles. The van der Waals surface area contributed by atoms with Crippen molar-refractivity contribution in [1.82, 2.24) is 0 Å². The van der Waals surface area contributed by atoms with Gasteiger partial charge in [-0.15, -0.1) is 0 Å². The van der Waals surface area contributed by atoms with Gasteiger partial charge in [0.1, 0.15) is 0 Å². The summed E-state index contributed by atoms with van der Waals surface area (Å²) in [6.45, 7) is 8.79. The van der Waals surface area contributed by atoms with E-state index in [4.69, 9.17) is 18.0 Å². The highest BCUT2D eigenvalue weighted by molar-refractivity contribution is 8.34. The Bertz CT molecular complexity index is 212. The number of hydrogen-bond acceptors (Lipinski definition) is 3. The molecule has 1 fully saturated rings. The quantitative estimate of drug-likeness (QED) is 0.581. The predicted octanol–water partition coefficient (Wildman–Crippen LogP) is 0.343. The molecule has 0 spiro atoms. The minimum absolute atomic E-state index is 0.0709. The van der Waals surface area contributed by atoms with E-state index in [-0.39, 0.29) is 12.1 Å². The van der Waals surface area contributed by atoms with Crippen LogP contribution in [0.5, 0.6) is 0 Å². The molecule has 68 valence electrons. The van der Waals surface area contributed by atoms with Gasteiger partial charge in [0.25, 0.3) is 6.57 Å². The average molecular weight is 187 g/mol. The fraction of sp³-hybridized carbons (Fsp3) is 0.714. The Balaban J connectivity index is 2.78. The van der Waals surface area contributed by atoms with Crippen LogP contribution < -0.4 is 11.5 Å². The Morgan fingerprint density at radius 1 is 1.42 bits per heavy atom. The van der Waals surface area contributed by atoms with Gasteiger partial charge in [-0.05, 0) is 10.7 Å². The van der Waals surface area contributed by atoms with Gasteiger partial charge >= 0.3 is 0 Å². The number of rotatable bonds is 1. The van der Waals surface area contributed by atoms with Crippen molar-refractivity contribution in [2.24, 2.45) is 15.9 Å². The molecule has 1 aliphatic rings. The van der Waals surface area contributed by atoms with E-state index in [0.717, 1.165) is 17.9 Å². The van der Waals surface area contributed by atoms with Crippen LogP contribution >= 0.6 is 10.4 Å². The molecule has 5 heteroatoms. The van der Waals surface area contributed by atoms with Crippen LogP contribution in [-0.4, -0.2) is 30.3 Å². The van der Waals surface area contributed by atoms with Crippen LogP contribution in [-0.2, 0) is 0 Å². The Morgan fingerprint density at radius 3 is 2.25 bits per heavy atom. The zero-order chi connectivity index (χ0) is 9.19. The molecule has 4 nitrogen and oxygen atoms in total. The molecule has 1 aliphatic heterocycles. The molecule has 0 amide bonds. The largest absolute Gasteiger partial charge is 0.327 e. The molecule has 0 aromatic carbocycles. The van der Waals surface area contributed by atoms with Crippen LogP contribution in [0.1, 0.15) is 6.42 Å². The molecular formula is C7H15N4S+. The van der Waals surface area contributed by atoms with Crippen molar-refractivity contribution < 1.29 is 0 Å². The van der Waals surface area contributed by atoms with Crippen LogP contribution in [0, 0.1) is 6.57 Å². The second-order valence-corrected chi connectivity index (χ2v) is 5.87. The molecular weight excluding hydrogens is 172 g/mol. The molecule has 0 aromatic heterocycles. The lowest BCUT2D eigenvalue weighted by Crippen LogP contribution is -2.43. The third kappa shape index (κ3) is 1.78. The lowest BCUT2D eigenvalue weighted by atomic mass is 10.1. The van der Waals surface area contributed by atoms with E-state index in [0.29, 0.717) is 0 Å². The van der Waals surface area contributed by atoms with Crippen LogP contribution in [0.15, 0.2) is 4.40 Å². The summed E-state index contributed by atoms with van der Waals surface area (Å²) in [4.78, 5) is 0. The highest BCUT2D eigenvalue weighted by Crippen LogP contribution is 2.53. The average Bonchev–Trinajstić information content (AvgIpc) is 2.02. The SMILES string of the molecule is C#[N+]S1(N=C)CC(N)CC(N)C1. The second-order valence-electron chi connectivity index (χ2n) is 3.13. The molecule has 0 bridgehead atoms. The molecule has 0 saturated carbocycles. The third-order valence-electron chi connectivity index (χ3n) is 2.00. The lowest BCUT2D eigenvalue weighted by molar-refractivity contribution is 0.570. The van der Waals surface area contributed by atoms with Crippen molar-refractivity contribution in [3.8, 4) is 6.57 Å². The third-order valence-corrected chi connectivity index (χ3v) is 4.80. The number of nitrogens with two attached hydrogens (primary N) is 2. The molecule has 12 heavy (non-hydrogen) atoms. The molecule has 1 heterocycles. The van der Waals surface area contributed by atoms with Gasteiger partial charge in [0, 0.05) is 18.8 Å². The van der Waals surface area contributed by atoms with Gasteiger partial charge in [-0.25, -0.2) is 0 Å². The first-order valence-corrected chi connectivity index (χ1v) is 5.70. The summed E-state index contributed by atoms with van der Waals surface area (Å²) in [6.07, 6.45) is 0.833.